The Morgan fingerprint density at radius 2 is 1.36 bits per heavy atom. The lowest BCUT2D eigenvalue weighted by molar-refractivity contribution is 1.09. The molecule has 0 aromatic heterocycles. The van der Waals surface area contributed by atoms with Crippen molar-refractivity contribution in [2.24, 2.45) is 0 Å². The molecule has 0 aromatic rings. The Kier molecular flexibility index (Phi) is 20.2. The van der Waals surface area contributed by atoms with Crippen LogP contribution in [0.25, 0.3) is 0 Å². The molecule has 11 heavy (non-hydrogen) atoms. The van der Waals surface area contributed by atoms with Crippen LogP contribution >= 0.6 is 9.24 Å². The third-order valence-electron chi connectivity index (χ3n) is 0.655. The third kappa shape index (κ3) is 25.7. The first kappa shape index (κ1) is 13.5. The number of hydrogen-bond acceptors (Lipinski definition) is 0. The molecule has 0 heterocycles. The van der Waals surface area contributed by atoms with E-state index in [0.29, 0.717) is 0 Å². The summed E-state index contributed by atoms with van der Waals surface area (Å²) in [6.45, 7) is 6.34. The van der Waals surface area contributed by atoms with Gasteiger partial charge in [-0.3, -0.25) is 0 Å². The van der Waals surface area contributed by atoms with Gasteiger partial charge in [-0.1, -0.05) is 51.5 Å². The highest BCUT2D eigenvalue weighted by molar-refractivity contribution is 7.16. The minimum Gasteiger partial charge on any atom is -0.138 e. The van der Waals surface area contributed by atoms with E-state index in [2.05, 4.69) is 54.3 Å². The summed E-state index contributed by atoms with van der Waals surface area (Å²) in [6.07, 6.45) is 11.9. The summed E-state index contributed by atoms with van der Waals surface area (Å²) in [5, 5.41) is 0. The molecule has 0 N–H and O–H groups in total. The molecule has 0 saturated carbocycles. The highest BCUT2D eigenvalue weighted by Crippen LogP contribution is 1.93. The lowest BCUT2D eigenvalue weighted by atomic mass is 10.5. The summed E-state index contributed by atoms with van der Waals surface area (Å²) in [4.78, 5) is 0. The van der Waals surface area contributed by atoms with Gasteiger partial charge in [-0.05, 0) is 12.6 Å². The van der Waals surface area contributed by atoms with Crippen molar-refractivity contribution in [3.63, 3.8) is 0 Å². The molecular weight excluding hydrogens is 151 g/mol. The summed E-state index contributed by atoms with van der Waals surface area (Å²) in [5.41, 5.74) is 0. The van der Waals surface area contributed by atoms with Crippen LogP contribution in [0.5, 0.6) is 0 Å². The lowest BCUT2D eigenvalue weighted by Gasteiger charge is -1.57. The Morgan fingerprint density at radius 1 is 1.09 bits per heavy atom. The fraction of sp³-hybridized carbons (Fsp3) is 0.600. The Bertz CT molecular complexity index is 81.0. The van der Waals surface area contributed by atoms with Crippen LogP contribution in [0.2, 0.25) is 0 Å². The van der Waals surface area contributed by atoms with E-state index in [1.807, 2.05) is 0 Å². The molecule has 0 radical (unpaired) electrons. The van der Waals surface area contributed by atoms with Gasteiger partial charge >= 0.3 is 0 Å². The molecular formula is C10H21P. The van der Waals surface area contributed by atoms with E-state index in [9.17, 15) is 0 Å². The summed E-state index contributed by atoms with van der Waals surface area (Å²) in [7, 11) is 2.58. The van der Waals surface area contributed by atoms with Gasteiger partial charge in [-0.15, -0.1) is 9.24 Å². The Hall–Kier alpha value is -0.0900. The van der Waals surface area contributed by atoms with Crippen molar-refractivity contribution in [2.75, 3.05) is 6.16 Å². The molecule has 0 fully saturated rings. The molecule has 0 saturated heterocycles. The van der Waals surface area contributed by atoms with E-state index in [1.165, 1.54) is 12.6 Å². The maximum Gasteiger partial charge on any atom is -0.0163 e. The van der Waals surface area contributed by atoms with Crippen molar-refractivity contribution in [2.45, 2.75) is 33.6 Å². The van der Waals surface area contributed by atoms with Gasteiger partial charge < -0.3 is 0 Å². The summed E-state index contributed by atoms with van der Waals surface area (Å²) >= 11 is 0. The van der Waals surface area contributed by atoms with E-state index >= 15 is 0 Å². The monoisotopic (exact) mass is 172 g/mol. The highest BCUT2D eigenvalue weighted by Gasteiger charge is 1.72. The van der Waals surface area contributed by atoms with Gasteiger partial charge in [-0.2, -0.15) is 0 Å². The molecule has 66 valence electrons. The highest BCUT2D eigenvalue weighted by atomic mass is 31.0. The molecule has 0 bridgehead atoms. The fourth-order valence-corrected chi connectivity index (χ4v) is 0.393. The first-order valence-corrected chi connectivity index (χ1v) is 5.16. The second-order valence-corrected chi connectivity index (χ2v) is 3.02. The molecule has 1 unspecified atom stereocenters. The fourth-order valence-electron chi connectivity index (χ4n) is 0.393. The van der Waals surface area contributed by atoms with E-state index < -0.39 is 0 Å². The van der Waals surface area contributed by atoms with Crippen LogP contribution in [-0.4, -0.2) is 6.16 Å². The maximum absolute atomic E-state index is 2.58. The van der Waals surface area contributed by atoms with Crippen LogP contribution < -0.4 is 0 Å². The predicted molar refractivity (Wildman–Crippen MR) is 59.1 cm³/mol. The molecule has 0 aromatic carbocycles. The largest absolute Gasteiger partial charge is 0.138 e. The molecule has 0 nitrogen and oxygen atoms in total. The molecule has 0 spiro atoms. The normalized spacial score (nSPS) is 11.3. The molecule has 0 aliphatic heterocycles. The quantitative estimate of drug-likeness (QED) is 0.487. The number of rotatable bonds is 0. The van der Waals surface area contributed by atoms with Gasteiger partial charge in [0.15, 0.2) is 0 Å². The summed E-state index contributed by atoms with van der Waals surface area (Å²) < 4.78 is 0. The van der Waals surface area contributed by atoms with Gasteiger partial charge in [0.25, 0.3) is 0 Å². The van der Waals surface area contributed by atoms with Gasteiger partial charge in [0.05, 0.1) is 0 Å². The topological polar surface area (TPSA) is 0 Å². The van der Waals surface area contributed by atoms with Crippen molar-refractivity contribution in [3.05, 3.63) is 24.3 Å². The number of allylic oxidation sites excluding steroid dienone is 4. The van der Waals surface area contributed by atoms with Crippen molar-refractivity contribution in [3.8, 4) is 0 Å². The van der Waals surface area contributed by atoms with E-state index in [1.54, 1.807) is 0 Å². The van der Waals surface area contributed by atoms with Crippen molar-refractivity contribution in [1.29, 1.82) is 0 Å². The SMILES string of the molecule is C1=CCC=C1.CCC.CCP. The van der Waals surface area contributed by atoms with Crippen LogP contribution in [0.4, 0.5) is 0 Å². The van der Waals surface area contributed by atoms with Crippen molar-refractivity contribution < 1.29 is 0 Å². The second kappa shape index (κ2) is 16.5. The summed E-state index contributed by atoms with van der Waals surface area (Å²) in [6, 6.07) is 0. The van der Waals surface area contributed by atoms with Crippen LogP contribution in [0, 0.1) is 0 Å². The van der Waals surface area contributed by atoms with Crippen molar-refractivity contribution >= 4 is 9.24 Å². The van der Waals surface area contributed by atoms with E-state index in [4.69, 9.17) is 0 Å². The zero-order valence-corrected chi connectivity index (χ0v) is 9.16. The second-order valence-electron chi connectivity index (χ2n) is 2.21. The van der Waals surface area contributed by atoms with E-state index in [-0.39, 0.29) is 0 Å². The molecule has 1 rings (SSSR count). The van der Waals surface area contributed by atoms with Gasteiger partial charge in [-0.25, -0.2) is 0 Å². The third-order valence-corrected chi connectivity index (χ3v) is 0.655. The average molecular weight is 172 g/mol. The molecule has 1 aliphatic rings. The lowest BCUT2D eigenvalue weighted by Crippen LogP contribution is -1.37. The smallest absolute Gasteiger partial charge is 0.0163 e. The molecule has 0 amide bonds. The van der Waals surface area contributed by atoms with Gasteiger partial charge in [0, 0.05) is 0 Å². The first-order chi connectivity index (χ1) is 5.33. The number of hydrogen-bond donors (Lipinski definition) is 0. The maximum atomic E-state index is 2.58. The van der Waals surface area contributed by atoms with Crippen molar-refractivity contribution in [1.82, 2.24) is 0 Å². The summed E-state index contributed by atoms with van der Waals surface area (Å²) in [5.74, 6) is 0. The minimum atomic E-state index is 1.14. The van der Waals surface area contributed by atoms with Crippen LogP contribution in [0.1, 0.15) is 33.6 Å². The molecule has 1 heteroatoms. The van der Waals surface area contributed by atoms with Crippen LogP contribution in [-0.2, 0) is 0 Å². The first-order valence-electron chi connectivity index (χ1n) is 4.35. The van der Waals surface area contributed by atoms with Gasteiger partial charge in [0.2, 0.25) is 0 Å². The van der Waals surface area contributed by atoms with Crippen LogP contribution in [0.3, 0.4) is 0 Å². The Balaban J connectivity index is 0. The predicted octanol–water partition coefficient (Wildman–Crippen LogP) is 3.80. The Morgan fingerprint density at radius 3 is 1.45 bits per heavy atom. The van der Waals surface area contributed by atoms with Gasteiger partial charge in [0.1, 0.15) is 0 Å². The molecule has 1 aliphatic carbocycles. The zero-order chi connectivity index (χ0) is 8.95. The molecule has 1 atom stereocenters. The minimum absolute atomic E-state index is 1.14. The van der Waals surface area contributed by atoms with Crippen LogP contribution in [0.15, 0.2) is 24.3 Å². The standard InChI is InChI=1S/C5H6.C3H8.C2H7P/c1-2-4-5-3-1;1-3-2;1-2-3/h1-4H,5H2;3H2,1-2H3;2-3H2,1H3. The zero-order valence-electron chi connectivity index (χ0n) is 8.01. The van der Waals surface area contributed by atoms with E-state index in [0.717, 1.165) is 6.42 Å². The Labute approximate surface area is 74.0 Å². The average Bonchev–Trinajstić information content (AvgIpc) is 2.44.